The van der Waals surface area contributed by atoms with Gasteiger partial charge in [0.15, 0.2) is 0 Å². The van der Waals surface area contributed by atoms with Gasteiger partial charge in [-0.2, -0.15) is 0 Å². The number of hydrogen-bond acceptors (Lipinski definition) is 4. The molecule has 1 unspecified atom stereocenters. The highest BCUT2D eigenvalue weighted by Crippen LogP contribution is 2.14. The molecule has 5 nitrogen and oxygen atoms in total. The second-order valence-corrected chi connectivity index (χ2v) is 5.35. The van der Waals surface area contributed by atoms with Crippen molar-refractivity contribution in [3.8, 4) is 0 Å². The van der Waals surface area contributed by atoms with Crippen LogP contribution in [0.15, 0.2) is 24.3 Å². The second-order valence-electron chi connectivity index (χ2n) is 5.35. The van der Waals surface area contributed by atoms with E-state index in [0.29, 0.717) is 0 Å². The molecule has 122 valence electrons. The summed E-state index contributed by atoms with van der Waals surface area (Å²) in [6, 6.07) is 6.06. The third kappa shape index (κ3) is 6.26. The quantitative estimate of drug-likeness (QED) is 0.512. The van der Waals surface area contributed by atoms with Crippen LogP contribution in [-0.4, -0.2) is 34.9 Å². The molecular weight excluding hydrogens is 284 g/mol. The Morgan fingerprint density at radius 2 is 1.64 bits per heavy atom. The molecule has 1 aromatic carbocycles. The molecular formula is C17H24O5. The highest BCUT2D eigenvalue weighted by atomic mass is 16.5. The molecule has 5 heteroatoms. The number of carboxylic acid groups (broad SMARTS) is 1. The molecule has 0 aliphatic heterocycles. The first kappa shape index (κ1) is 18.2. The first-order chi connectivity index (χ1) is 10.6. The minimum absolute atomic E-state index is 0.0382. The van der Waals surface area contributed by atoms with Crippen LogP contribution >= 0.6 is 0 Å². The van der Waals surface area contributed by atoms with E-state index in [4.69, 9.17) is 14.9 Å². The van der Waals surface area contributed by atoms with Gasteiger partial charge in [0.1, 0.15) is 0 Å². The number of carboxylic acids is 1. The molecule has 1 rings (SSSR count). The van der Waals surface area contributed by atoms with E-state index in [9.17, 15) is 9.59 Å². The molecule has 1 atom stereocenters. The van der Waals surface area contributed by atoms with Gasteiger partial charge in [0.2, 0.25) is 0 Å². The largest absolute Gasteiger partial charge is 0.478 e. The van der Waals surface area contributed by atoms with Gasteiger partial charge in [-0.05, 0) is 38.3 Å². The molecule has 0 saturated carbocycles. The first-order valence-electron chi connectivity index (χ1n) is 7.70. The molecule has 0 aliphatic carbocycles. The van der Waals surface area contributed by atoms with E-state index >= 15 is 0 Å². The maximum absolute atomic E-state index is 12.0. The van der Waals surface area contributed by atoms with Crippen LogP contribution in [0.25, 0.3) is 0 Å². The molecule has 1 aromatic rings. The maximum Gasteiger partial charge on any atom is 0.339 e. The average Bonchev–Trinajstić information content (AvgIpc) is 2.50. The number of carbonyl (C=O) groups excluding carboxylic acids is 1. The standard InChI is InChI=1S/C17H24O5/c1-13(9-5-3-2-4-8-12-18)22-17(21)15-11-7-6-10-14(15)16(19)20/h6-7,10-11,13,18H,2-5,8-9,12H2,1H3,(H,19,20). The third-order valence-corrected chi connectivity index (χ3v) is 3.45. The van der Waals surface area contributed by atoms with Crippen LogP contribution in [0.3, 0.4) is 0 Å². The first-order valence-corrected chi connectivity index (χ1v) is 7.70. The zero-order chi connectivity index (χ0) is 16.4. The van der Waals surface area contributed by atoms with Gasteiger partial charge in [-0.1, -0.05) is 31.4 Å². The molecule has 2 N–H and O–H groups in total. The zero-order valence-electron chi connectivity index (χ0n) is 13.0. The normalized spacial score (nSPS) is 11.9. The molecule has 0 spiro atoms. The van der Waals surface area contributed by atoms with Gasteiger partial charge >= 0.3 is 11.9 Å². The Bertz CT molecular complexity index is 484. The number of ether oxygens (including phenoxy) is 1. The number of unbranched alkanes of at least 4 members (excludes halogenated alkanes) is 4. The molecule has 0 aromatic heterocycles. The molecule has 0 amide bonds. The van der Waals surface area contributed by atoms with Crippen LogP contribution in [0.1, 0.15) is 66.2 Å². The van der Waals surface area contributed by atoms with Gasteiger partial charge in [0.25, 0.3) is 0 Å². The van der Waals surface area contributed by atoms with Crippen LogP contribution < -0.4 is 0 Å². The van der Waals surface area contributed by atoms with Crippen molar-refractivity contribution in [2.24, 2.45) is 0 Å². The Kier molecular flexibility index (Phi) is 8.22. The lowest BCUT2D eigenvalue weighted by Gasteiger charge is -2.14. The number of aromatic carboxylic acids is 1. The van der Waals surface area contributed by atoms with Crippen molar-refractivity contribution in [1.29, 1.82) is 0 Å². The predicted octanol–water partition coefficient (Wildman–Crippen LogP) is 3.26. The molecule has 0 aliphatic rings. The number of benzene rings is 1. The highest BCUT2D eigenvalue weighted by molar-refractivity contribution is 6.02. The molecule has 22 heavy (non-hydrogen) atoms. The Labute approximate surface area is 130 Å². The molecule has 0 bridgehead atoms. The summed E-state index contributed by atoms with van der Waals surface area (Å²) >= 11 is 0. The third-order valence-electron chi connectivity index (χ3n) is 3.45. The van der Waals surface area contributed by atoms with Crippen LogP contribution in [0.2, 0.25) is 0 Å². The van der Waals surface area contributed by atoms with E-state index in [0.717, 1.165) is 38.5 Å². The van der Waals surface area contributed by atoms with E-state index < -0.39 is 11.9 Å². The summed E-state index contributed by atoms with van der Waals surface area (Å²) in [7, 11) is 0. The van der Waals surface area contributed by atoms with Crippen molar-refractivity contribution in [3.63, 3.8) is 0 Å². The van der Waals surface area contributed by atoms with Gasteiger partial charge in [-0.15, -0.1) is 0 Å². The van der Waals surface area contributed by atoms with E-state index in [1.807, 2.05) is 6.92 Å². The Balaban J connectivity index is 2.40. The van der Waals surface area contributed by atoms with Crippen molar-refractivity contribution in [1.82, 2.24) is 0 Å². The lowest BCUT2D eigenvalue weighted by molar-refractivity contribution is 0.0313. The van der Waals surface area contributed by atoms with E-state index in [2.05, 4.69) is 0 Å². The van der Waals surface area contributed by atoms with Crippen LogP contribution in [0.5, 0.6) is 0 Å². The summed E-state index contributed by atoms with van der Waals surface area (Å²) in [4.78, 5) is 23.1. The lowest BCUT2D eigenvalue weighted by atomic mass is 10.1. The van der Waals surface area contributed by atoms with Gasteiger partial charge in [-0.25, -0.2) is 9.59 Å². The number of rotatable bonds is 10. The van der Waals surface area contributed by atoms with Crippen LogP contribution in [-0.2, 0) is 4.74 Å². The summed E-state index contributed by atoms with van der Waals surface area (Å²) in [6.07, 6.45) is 5.39. The predicted molar refractivity (Wildman–Crippen MR) is 83.1 cm³/mol. The Morgan fingerprint density at radius 1 is 1.05 bits per heavy atom. The smallest absolute Gasteiger partial charge is 0.339 e. The van der Waals surface area contributed by atoms with Crippen molar-refractivity contribution in [2.75, 3.05) is 6.61 Å². The fourth-order valence-electron chi connectivity index (χ4n) is 2.23. The lowest BCUT2D eigenvalue weighted by Crippen LogP contribution is -2.17. The molecule has 0 heterocycles. The topological polar surface area (TPSA) is 83.8 Å². The number of aliphatic hydroxyl groups excluding tert-OH is 1. The minimum atomic E-state index is -1.14. The zero-order valence-corrected chi connectivity index (χ0v) is 13.0. The fraction of sp³-hybridized carbons (Fsp3) is 0.529. The van der Waals surface area contributed by atoms with E-state index in [1.54, 1.807) is 12.1 Å². The van der Waals surface area contributed by atoms with Crippen LogP contribution in [0.4, 0.5) is 0 Å². The number of aliphatic hydroxyl groups is 1. The monoisotopic (exact) mass is 308 g/mol. The highest BCUT2D eigenvalue weighted by Gasteiger charge is 2.18. The minimum Gasteiger partial charge on any atom is -0.478 e. The van der Waals surface area contributed by atoms with E-state index in [1.165, 1.54) is 12.1 Å². The summed E-state index contributed by atoms with van der Waals surface area (Å²) in [5, 5.41) is 17.7. The maximum atomic E-state index is 12.0. The Hall–Kier alpha value is -1.88. The van der Waals surface area contributed by atoms with Gasteiger partial charge in [0.05, 0.1) is 17.2 Å². The number of hydrogen-bond donors (Lipinski definition) is 2. The molecule has 0 fully saturated rings. The SMILES string of the molecule is CC(CCCCCCCO)OC(=O)c1ccccc1C(=O)O. The Morgan fingerprint density at radius 3 is 2.27 bits per heavy atom. The average molecular weight is 308 g/mol. The van der Waals surface area contributed by atoms with E-state index in [-0.39, 0.29) is 23.8 Å². The van der Waals surface area contributed by atoms with Crippen LogP contribution in [0, 0.1) is 0 Å². The number of esters is 1. The van der Waals surface area contributed by atoms with Crippen molar-refractivity contribution < 1.29 is 24.5 Å². The number of carbonyl (C=O) groups is 2. The summed E-state index contributed by atoms with van der Waals surface area (Å²) in [5.41, 5.74) is 0.0495. The second kappa shape index (κ2) is 9.95. The summed E-state index contributed by atoms with van der Waals surface area (Å²) in [6.45, 7) is 2.05. The fourth-order valence-corrected chi connectivity index (χ4v) is 2.23. The summed E-state index contributed by atoms with van der Waals surface area (Å²) in [5.74, 6) is -1.73. The van der Waals surface area contributed by atoms with Crippen molar-refractivity contribution in [3.05, 3.63) is 35.4 Å². The summed E-state index contributed by atoms with van der Waals surface area (Å²) < 4.78 is 5.31. The molecule has 0 saturated heterocycles. The van der Waals surface area contributed by atoms with Gasteiger partial charge in [0, 0.05) is 6.61 Å². The molecule has 0 radical (unpaired) electrons. The van der Waals surface area contributed by atoms with Crippen molar-refractivity contribution >= 4 is 11.9 Å². The van der Waals surface area contributed by atoms with Gasteiger partial charge in [-0.3, -0.25) is 0 Å². The van der Waals surface area contributed by atoms with Crippen molar-refractivity contribution in [2.45, 2.75) is 51.6 Å². The van der Waals surface area contributed by atoms with Gasteiger partial charge < -0.3 is 14.9 Å².